The molecule has 0 aliphatic carbocycles. The van der Waals surface area contributed by atoms with Gasteiger partial charge in [0.2, 0.25) is 0 Å². The maximum absolute atomic E-state index is 9.67. The second kappa shape index (κ2) is 3.51. The Labute approximate surface area is 50.5 Å². The standard InChI is InChI=1S/C2H4O2.O.U/c1-2(3)4;;/h1H3,(H,3,4);;/q;;+1/p-1. The molecule has 0 fully saturated rings. The van der Waals surface area contributed by atoms with Crippen molar-refractivity contribution in [2.45, 2.75) is 6.92 Å². The molecule has 0 heterocycles. The van der Waals surface area contributed by atoms with Gasteiger partial charge in [0, 0.05) is 0 Å². The van der Waals surface area contributed by atoms with Gasteiger partial charge in [0.25, 0.3) is 0 Å². The van der Waals surface area contributed by atoms with Crippen LogP contribution in [0.4, 0.5) is 0 Å². The molecule has 0 aliphatic heterocycles. The molecule has 0 atom stereocenters. The van der Waals surface area contributed by atoms with Crippen LogP contribution < -0.4 is 0 Å². The van der Waals surface area contributed by atoms with Crippen molar-refractivity contribution < 1.29 is 37.5 Å². The molecule has 0 aliphatic rings. The van der Waals surface area contributed by atoms with Gasteiger partial charge in [0.05, 0.1) is 0 Å². The summed E-state index contributed by atoms with van der Waals surface area (Å²) in [4.78, 5) is 9.67. The molecule has 33 valence electrons. The Hall–Kier alpha value is 0.322. The first kappa shape index (κ1) is 6.32. The molecule has 0 radical (unpaired) electrons. The summed E-state index contributed by atoms with van der Waals surface area (Å²) >= 11 is -2.22. The number of hydrogen-bond acceptors (Lipinski definition) is 3. The fraction of sp³-hybridized carbons (Fsp3) is 0.500. The van der Waals surface area contributed by atoms with Crippen molar-refractivity contribution in [3.05, 3.63) is 0 Å². The van der Waals surface area contributed by atoms with Crippen molar-refractivity contribution >= 4 is 5.97 Å². The van der Waals surface area contributed by atoms with Crippen molar-refractivity contribution in [3.8, 4) is 0 Å². The van der Waals surface area contributed by atoms with Crippen LogP contribution in [0.1, 0.15) is 6.92 Å². The van der Waals surface area contributed by atoms with Gasteiger partial charge in [-0.1, -0.05) is 0 Å². The van der Waals surface area contributed by atoms with Crippen LogP contribution in [0.15, 0.2) is 0 Å². The van der Waals surface area contributed by atoms with E-state index in [9.17, 15) is 7.03 Å². The summed E-state index contributed by atoms with van der Waals surface area (Å²) in [6, 6.07) is 0. The van der Waals surface area contributed by atoms with Gasteiger partial charge in [-0.05, 0) is 0 Å². The van der Waals surface area contributed by atoms with Gasteiger partial charge in [0.1, 0.15) is 0 Å². The van der Waals surface area contributed by atoms with E-state index < -0.39 is 34.2 Å². The third kappa shape index (κ3) is 4.32. The fourth-order valence-corrected chi connectivity index (χ4v) is 0.547. The van der Waals surface area contributed by atoms with Crippen LogP contribution in [0.3, 0.4) is 0 Å². The van der Waals surface area contributed by atoms with E-state index in [2.05, 4.69) is 2.24 Å². The Kier molecular flexibility index (Phi) is 3.70. The Morgan fingerprint density at radius 1 is 1.83 bits per heavy atom. The van der Waals surface area contributed by atoms with Crippen molar-refractivity contribution in [2.24, 2.45) is 0 Å². The van der Waals surface area contributed by atoms with Crippen molar-refractivity contribution in [1.29, 1.82) is 0 Å². The summed E-state index contributed by atoms with van der Waals surface area (Å²) in [5.74, 6) is -0.430. The van der Waals surface area contributed by atoms with Gasteiger partial charge >= 0.3 is 50.4 Å². The molecule has 0 amide bonds. The number of carbonyl (C=O) groups excluding carboxylic acids is 1. The van der Waals surface area contributed by atoms with E-state index in [4.69, 9.17) is 0 Å². The summed E-state index contributed by atoms with van der Waals surface area (Å²) in [6.45, 7) is 1.24. The van der Waals surface area contributed by atoms with Crippen molar-refractivity contribution in [2.75, 3.05) is 0 Å². The fourth-order valence-electron chi connectivity index (χ4n) is 0.0587. The first-order chi connectivity index (χ1) is 2.77. The molecular formula is C2H3O3U. The number of carbonyl (C=O) groups is 1. The average Bonchev–Trinajstić information content (AvgIpc) is 1.35. The van der Waals surface area contributed by atoms with E-state index in [1.807, 2.05) is 0 Å². The number of rotatable bonds is 1. The monoisotopic (exact) mass is 313 g/mol. The molecule has 6 heavy (non-hydrogen) atoms. The van der Waals surface area contributed by atoms with E-state index in [1.165, 1.54) is 6.92 Å². The van der Waals surface area contributed by atoms with E-state index in [0.29, 0.717) is 0 Å². The zero-order chi connectivity index (χ0) is 4.99. The van der Waals surface area contributed by atoms with Gasteiger partial charge in [0.15, 0.2) is 0 Å². The molecule has 0 aromatic carbocycles. The maximum atomic E-state index is 9.67. The normalized spacial score (nSPS) is 6.17. The Balaban J connectivity index is 3.05. The van der Waals surface area contributed by atoms with Gasteiger partial charge in [-0.25, -0.2) is 0 Å². The predicted molar refractivity (Wildman–Crippen MR) is 12.5 cm³/mol. The molecule has 0 bridgehead atoms. The van der Waals surface area contributed by atoms with Crippen LogP contribution in [0.2, 0.25) is 0 Å². The third-order valence-corrected chi connectivity index (χ3v) is 1.73. The minimum absolute atomic E-state index is 0.430. The topological polar surface area (TPSA) is 43.4 Å². The Morgan fingerprint density at radius 2 is 2.33 bits per heavy atom. The van der Waals surface area contributed by atoms with Crippen LogP contribution in [0.5, 0.6) is 0 Å². The average molecular weight is 313 g/mol. The molecule has 0 rings (SSSR count). The molecule has 0 saturated heterocycles. The first-order valence-electron chi connectivity index (χ1n) is 1.32. The molecule has 0 spiro atoms. The molecule has 0 saturated carbocycles. The summed E-state index contributed by atoms with van der Waals surface area (Å²) < 4.78 is 13.6. The summed E-state index contributed by atoms with van der Waals surface area (Å²) in [7, 11) is 0. The molecular weight excluding hydrogens is 310 g/mol. The SMILES string of the molecule is CC(=O)[O][U]=[O]. The minimum atomic E-state index is -2.22. The third-order valence-electron chi connectivity index (χ3n) is 0.185. The zero-order valence-electron chi connectivity index (χ0n) is 3.22. The second-order valence-corrected chi connectivity index (χ2v) is 2.22. The Morgan fingerprint density at radius 3 is 2.33 bits per heavy atom. The molecule has 4 heteroatoms. The van der Waals surface area contributed by atoms with Crippen LogP contribution in [-0.2, 0) is 9.27 Å². The summed E-state index contributed by atoms with van der Waals surface area (Å²) in [6.07, 6.45) is 0. The van der Waals surface area contributed by atoms with Crippen LogP contribution >= 0.6 is 0 Å². The molecule has 0 aromatic rings. The molecule has 0 unspecified atom stereocenters. The number of hydrogen-bond donors (Lipinski definition) is 0. The summed E-state index contributed by atoms with van der Waals surface area (Å²) in [5.41, 5.74) is 0. The van der Waals surface area contributed by atoms with Gasteiger partial charge in [-0.15, -0.1) is 0 Å². The molecule has 3 nitrogen and oxygen atoms in total. The quantitative estimate of drug-likeness (QED) is 0.679. The van der Waals surface area contributed by atoms with Crippen LogP contribution in [-0.4, -0.2) is 5.97 Å². The van der Waals surface area contributed by atoms with Crippen LogP contribution in [0.25, 0.3) is 0 Å². The van der Waals surface area contributed by atoms with Crippen molar-refractivity contribution in [3.63, 3.8) is 0 Å². The van der Waals surface area contributed by atoms with Crippen molar-refractivity contribution in [1.82, 2.24) is 0 Å². The first-order valence-corrected chi connectivity index (χ1v) is 4.72. The van der Waals surface area contributed by atoms with Gasteiger partial charge in [-0.3, -0.25) is 0 Å². The predicted octanol–water partition coefficient (Wildman–Crippen LogP) is -0.105. The van der Waals surface area contributed by atoms with E-state index in [-0.39, 0.29) is 0 Å². The molecule has 0 N–H and O–H groups in total. The van der Waals surface area contributed by atoms with E-state index in [1.54, 1.807) is 0 Å². The zero-order valence-corrected chi connectivity index (χ0v) is 7.39. The van der Waals surface area contributed by atoms with Crippen LogP contribution in [0, 0.1) is 28.3 Å². The second-order valence-electron chi connectivity index (χ2n) is 0.677. The van der Waals surface area contributed by atoms with Gasteiger partial charge < -0.3 is 0 Å². The summed E-state index contributed by atoms with van der Waals surface area (Å²) in [5, 5.41) is 0. The molecule has 0 aromatic heterocycles. The van der Waals surface area contributed by atoms with E-state index >= 15 is 0 Å². The van der Waals surface area contributed by atoms with E-state index in [0.717, 1.165) is 0 Å². The van der Waals surface area contributed by atoms with Gasteiger partial charge in [-0.2, -0.15) is 0 Å². The Bertz CT molecular complexity index is 69.2.